The molecule has 1 saturated heterocycles. The summed E-state index contributed by atoms with van der Waals surface area (Å²) in [7, 11) is 1.78. The number of piperazine rings is 1. The van der Waals surface area contributed by atoms with Crippen LogP contribution < -0.4 is 15.4 Å². The number of carbonyl (C=O) groups is 1. The monoisotopic (exact) mass is 543 g/mol. The quantitative estimate of drug-likeness (QED) is 0.270. The number of aromatic nitrogens is 3. The van der Waals surface area contributed by atoms with Crippen molar-refractivity contribution in [3.05, 3.63) is 130 Å². The predicted molar refractivity (Wildman–Crippen MR) is 164 cm³/mol. The Labute approximate surface area is 239 Å². The molecule has 7 heteroatoms. The second kappa shape index (κ2) is 11.4. The number of rotatable bonds is 7. The van der Waals surface area contributed by atoms with E-state index in [1.54, 1.807) is 17.8 Å². The Kier molecular flexibility index (Phi) is 7.33. The Bertz CT molecular complexity index is 1740. The Hall–Kier alpha value is -4.78. The zero-order valence-electron chi connectivity index (χ0n) is 23.5. The molecule has 3 heterocycles. The van der Waals surface area contributed by atoms with Crippen molar-refractivity contribution < 1.29 is 4.79 Å². The molecule has 3 aromatic carbocycles. The maximum atomic E-state index is 13.2. The van der Waals surface area contributed by atoms with Crippen LogP contribution in [0.3, 0.4) is 0 Å². The summed E-state index contributed by atoms with van der Waals surface area (Å²) in [4.78, 5) is 40.1. The highest BCUT2D eigenvalue weighted by Gasteiger charge is 2.19. The minimum atomic E-state index is -0.0431. The number of aryl methyl sites for hydroxylation is 3. The highest BCUT2D eigenvalue weighted by atomic mass is 16.1. The standard InChI is InChI=1S/C34H33N5O2/c1-24-7-6-10-29-32(24)34(41)37(2)31(36-29)17-13-25-11-14-26(15-12-25)33(40)27-16-18-30(35-23-27)39-21-19-38(20-22-39)28-8-4-3-5-9-28/h3-12,14-16,18,23H,13,17,19-22H2,1-2H3. The van der Waals surface area contributed by atoms with E-state index in [4.69, 9.17) is 4.98 Å². The Balaban J connectivity index is 1.07. The molecule has 0 unspecified atom stereocenters. The largest absolute Gasteiger partial charge is 0.368 e. The van der Waals surface area contributed by atoms with Crippen LogP contribution in [-0.2, 0) is 19.9 Å². The van der Waals surface area contributed by atoms with Gasteiger partial charge in [-0.2, -0.15) is 0 Å². The predicted octanol–water partition coefficient (Wildman–Crippen LogP) is 4.98. The molecule has 5 aromatic rings. The molecule has 2 aromatic heterocycles. The molecule has 1 fully saturated rings. The first-order valence-corrected chi connectivity index (χ1v) is 14.1. The maximum absolute atomic E-state index is 13.2. The molecule has 1 aliphatic rings. The first-order chi connectivity index (χ1) is 20.0. The minimum absolute atomic E-state index is 0.0156. The van der Waals surface area contributed by atoms with Crippen molar-refractivity contribution in [3.8, 4) is 0 Å². The van der Waals surface area contributed by atoms with Crippen LogP contribution in [0.1, 0.15) is 32.9 Å². The van der Waals surface area contributed by atoms with Crippen molar-refractivity contribution in [3.63, 3.8) is 0 Å². The van der Waals surface area contributed by atoms with Gasteiger partial charge in [-0.25, -0.2) is 9.97 Å². The van der Waals surface area contributed by atoms with E-state index in [9.17, 15) is 9.59 Å². The third-order valence-electron chi connectivity index (χ3n) is 7.99. The Morgan fingerprint density at radius 1 is 0.780 bits per heavy atom. The van der Waals surface area contributed by atoms with E-state index >= 15 is 0 Å². The number of ketones is 1. The number of para-hydroxylation sites is 1. The first kappa shape index (κ1) is 26.4. The zero-order valence-corrected chi connectivity index (χ0v) is 23.5. The molecule has 206 valence electrons. The van der Waals surface area contributed by atoms with Crippen molar-refractivity contribution in [2.75, 3.05) is 36.0 Å². The van der Waals surface area contributed by atoms with Gasteiger partial charge in [0.2, 0.25) is 0 Å². The van der Waals surface area contributed by atoms with Crippen LogP contribution in [0.5, 0.6) is 0 Å². The minimum Gasteiger partial charge on any atom is -0.368 e. The van der Waals surface area contributed by atoms with E-state index in [0.29, 0.717) is 22.9 Å². The van der Waals surface area contributed by atoms with E-state index in [0.717, 1.165) is 60.9 Å². The van der Waals surface area contributed by atoms with Gasteiger partial charge in [-0.1, -0.05) is 54.6 Å². The zero-order chi connectivity index (χ0) is 28.3. The van der Waals surface area contributed by atoms with Gasteiger partial charge in [0.1, 0.15) is 11.6 Å². The lowest BCUT2D eigenvalue weighted by Crippen LogP contribution is -2.46. The maximum Gasteiger partial charge on any atom is 0.261 e. The fraction of sp³-hybridized carbons (Fsp3) is 0.235. The van der Waals surface area contributed by atoms with Crippen molar-refractivity contribution in [1.82, 2.24) is 14.5 Å². The topological polar surface area (TPSA) is 71.3 Å². The summed E-state index contributed by atoms with van der Waals surface area (Å²) in [5.41, 5.74) is 5.20. The van der Waals surface area contributed by atoms with Crippen LogP contribution in [0.25, 0.3) is 10.9 Å². The third-order valence-corrected chi connectivity index (χ3v) is 7.99. The van der Waals surface area contributed by atoms with Crippen LogP contribution in [0.15, 0.2) is 95.9 Å². The third kappa shape index (κ3) is 5.48. The van der Waals surface area contributed by atoms with E-state index < -0.39 is 0 Å². The van der Waals surface area contributed by atoms with E-state index in [-0.39, 0.29) is 11.3 Å². The summed E-state index contributed by atoms with van der Waals surface area (Å²) < 4.78 is 1.65. The fourth-order valence-corrected chi connectivity index (χ4v) is 5.53. The van der Waals surface area contributed by atoms with Gasteiger partial charge >= 0.3 is 0 Å². The molecular weight excluding hydrogens is 510 g/mol. The molecule has 0 saturated carbocycles. The van der Waals surface area contributed by atoms with Crippen molar-refractivity contribution >= 4 is 28.2 Å². The average molecular weight is 544 g/mol. The summed E-state index contributed by atoms with van der Waals surface area (Å²) >= 11 is 0. The Morgan fingerprint density at radius 2 is 1.49 bits per heavy atom. The molecule has 0 spiro atoms. The number of anilines is 2. The molecule has 0 N–H and O–H groups in total. The number of carbonyl (C=O) groups excluding carboxylic acids is 1. The lowest BCUT2D eigenvalue weighted by molar-refractivity contribution is 0.103. The summed E-state index contributed by atoms with van der Waals surface area (Å²) in [6.07, 6.45) is 3.04. The van der Waals surface area contributed by atoms with Gasteiger partial charge in [0, 0.05) is 62.7 Å². The summed E-state index contributed by atoms with van der Waals surface area (Å²) in [5, 5.41) is 0.676. The molecule has 0 atom stereocenters. The molecular formula is C34H33N5O2. The summed E-state index contributed by atoms with van der Waals surface area (Å²) in [6, 6.07) is 27.7. The first-order valence-electron chi connectivity index (χ1n) is 14.1. The number of hydrogen-bond acceptors (Lipinski definition) is 6. The van der Waals surface area contributed by atoms with Gasteiger partial charge in [-0.15, -0.1) is 0 Å². The van der Waals surface area contributed by atoms with Gasteiger partial charge < -0.3 is 9.80 Å². The summed E-state index contributed by atoms with van der Waals surface area (Å²) in [6.45, 7) is 5.59. The average Bonchev–Trinajstić information content (AvgIpc) is 3.02. The molecule has 0 amide bonds. The van der Waals surface area contributed by atoms with E-state index in [1.807, 2.05) is 67.6 Å². The Morgan fingerprint density at radius 3 is 2.20 bits per heavy atom. The van der Waals surface area contributed by atoms with Crippen LogP contribution in [0.4, 0.5) is 11.5 Å². The molecule has 0 radical (unpaired) electrons. The van der Waals surface area contributed by atoms with Crippen LogP contribution in [0, 0.1) is 6.92 Å². The molecule has 41 heavy (non-hydrogen) atoms. The number of hydrogen-bond donors (Lipinski definition) is 0. The number of pyridine rings is 1. The second-order valence-electron chi connectivity index (χ2n) is 10.6. The smallest absolute Gasteiger partial charge is 0.261 e. The van der Waals surface area contributed by atoms with Crippen molar-refractivity contribution in [2.24, 2.45) is 7.05 Å². The molecule has 6 rings (SSSR count). The SMILES string of the molecule is Cc1cccc2nc(CCc3ccc(C(=O)c4ccc(N5CCN(c6ccccc6)CC5)nc4)cc3)n(C)c(=O)c12. The van der Waals surface area contributed by atoms with Gasteiger partial charge in [-0.3, -0.25) is 14.2 Å². The molecule has 1 aliphatic heterocycles. The van der Waals surface area contributed by atoms with Crippen molar-refractivity contribution in [1.29, 1.82) is 0 Å². The molecule has 7 nitrogen and oxygen atoms in total. The normalized spacial score (nSPS) is 13.5. The van der Waals surface area contributed by atoms with Gasteiger partial charge in [0.15, 0.2) is 5.78 Å². The van der Waals surface area contributed by atoms with Gasteiger partial charge in [-0.05, 0) is 54.8 Å². The van der Waals surface area contributed by atoms with Crippen molar-refractivity contribution in [2.45, 2.75) is 19.8 Å². The molecule has 0 bridgehead atoms. The highest BCUT2D eigenvalue weighted by Crippen LogP contribution is 2.20. The van der Waals surface area contributed by atoms with Gasteiger partial charge in [0.25, 0.3) is 5.56 Å². The van der Waals surface area contributed by atoms with Crippen LogP contribution >= 0.6 is 0 Å². The van der Waals surface area contributed by atoms with Gasteiger partial charge in [0.05, 0.1) is 10.9 Å². The van der Waals surface area contributed by atoms with Crippen LogP contribution in [0.2, 0.25) is 0 Å². The number of nitrogens with zero attached hydrogens (tertiary/aromatic N) is 5. The molecule has 0 aliphatic carbocycles. The van der Waals surface area contributed by atoms with Crippen LogP contribution in [-0.4, -0.2) is 46.5 Å². The lowest BCUT2D eigenvalue weighted by atomic mass is 10.0. The highest BCUT2D eigenvalue weighted by molar-refractivity contribution is 6.08. The number of fused-ring (bicyclic) bond motifs is 1. The second-order valence-corrected chi connectivity index (χ2v) is 10.6. The lowest BCUT2D eigenvalue weighted by Gasteiger charge is -2.36. The van der Waals surface area contributed by atoms with E-state index in [1.165, 1.54) is 5.69 Å². The summed E-state index contributed by atoms with van der Waals surface area (Å²) in [5.74, 6) is 1.61. The number of benzene rings is 3. The van der Waals surface area contributed by atoms with E-state index in [2.05, 4.69) is 39.0 Å². The fourth-order valence-electron chi connectivity index (χ4n) is 5.53.